The van der Waals surface area contributed by atoms with Gasteiger partial charge in [0.25, 0.3) is 0 Å². The van der Waals surface area contributed by atoms with E-state index < -0.39 is 14.6 Å². The minimum Gasteiger partial charge on any atom is -0.228 e. The van der Waals surface area contributed by atoms with Gasteiger partial charge in [-0.15, -0.1) is 0 Å². The van der Waals surface area contributed by atoms with E-state index in [1.807, 2.05) is 0 Å². The van der Waals surface area contributed by atoms with Gasteiger partial charge >= 0.3 is 0 Å². The summed E-state index contributed by atoms with van der Waals surface area (Å²) in [4.78, 5) is 0. The number of hydrogen-bond donors (Lipinski definition) is 1. The minimum absolute atomic E-state index is 0.0116. The molecule has 0 aromatic heterocycles. The number of thiol groups is 1. The zero-order valence-electron chi connectivity index (χ0n) is 6.16. The van der Waals surface area contributed by atoms with Crippen LogP contribution in [0.2, 0.25) is 0 Å². The molecule has 1 heterocycles. The van der Waals surface area contributed by atoms with Crippen LogP contribution in [0.25, 0.3) is 0 Å². The summed E-state index contributed by atoms with van der Waals surface area (Å²) < 4.78 is 21.9. The third-order valence-electron chi connectivity index (χ3n) is 2.26. The Morgan fingerprint density at radius 2 is 2.00 bits per heavy atom. The first-order valence-electron chi connectivity index (χ1n) is 3.28. The minimum atomic E-state index is -2.85. The van der Waals surface area contributed by atoms with Crippen LogP contribution in [0.1, 0.15) is 20.3 Å². The Bertz CT molecular complexity index is 228. The maximum absolute atomic E-state index is 11.2. The van der Waals surface area contributed by atoms with Crippen LogP contribution in [0.15, 0.2) is 0 Å². The third-order valence-corrected chi connectivity index (χ3v) is 6.00. The summed E-state index contributed by atoms with van der Waals surface area (Å²) in [5.41, 5.74) is 0. The van der Waals surface area contributed by atoms with Gasteiger partial charge in [0, 0.05) is 5.25 Å². The van der Waals surface area contributed by atoms with Crippen molar-refractivity contribution in [2.75, 3.05) is 5.75 Å². The van der Waals surface area contributed by atoms with Crippen LogP contribution in [0, 0.1) is 0 Å². The maximum atomic E-state index is 11.2. The Balaban J connectivity index is 3.08. The zero-order valence-corrected chi connectivity index (χ0v) is 7.87. The highest BCUT2D eigenvalue weighted by molar-refractivity contribution is 7.94. The average molecular weight is 180 g/mol. The Morgan fingerprint density at radius 3 is 2.10 bits per heavy atom. The van der Waals surface area contributed by atoms with Crippen LogP contribution in [0.3, 0.4) is 0 Å². The molecule has 4 heteroatoms. The van der Waals surface area contributed by atoms with Crippen molar-refractivity contribution in [3.8, 4) is 0 Å². The van der Waals surface area contributed by atoms with Crippen LogP contribution in [0.4, 0.5) is 0 Å². The van der Waals surface area contributed by atoms with Crippen molar-refractivity contribution in [2.24, 2.45) is 0 Å². The molecule has 1 fully saturated rings. The van der Waals surface area contributed by atoms with Gasteiger partial charge in [-0.2, -0.15) is 12.6 Å². The first kappa shape index (κ1) is 8.40. The molecule has 1 saturated heterocycles. The monoisotopic (exact) mass is 180 g/mol. The quantitative estimate of drug-likeness (QED) is 0.562. The van der Waals surface area contributed by atoms with Crippen molar-refractivity contribution in [1.29, 1.82) is 0 Å². The van der Waals surface area contributed by atoms with Gasteiger partial charge in [-0.1, -0.05) is 0 Å². The molecule has 1 aliphatic heterocycles. The van der Waals surface area contributed by atoms with E-state index in [0.717, 1.165) is 0 Å². The van der Waals surface area contributed by atoms with Gasteiger partial charge < -0.3 is 0 Å². The molecule has 0 aromatic carbocycles. The molecule has 0 aliphatic carbocycles. The van der Waals surface area contributed by atoms with Gasteiger partial charge in [0.2, 0.25) is 0 Å². The molecule has 0 saturated carbocycles. The Hall–Kier alpha value is 0.300. The standard InChI is InChI=1S/C6H12O2S2/c1-6(2)5(9)3-4-10(6,7)8/h5,9H,3-4H2,1-2H3. The molecule has 0 spiro atoms. The van der Waals surface area contributed by atoms with Gasteiger partial charge in [0.15, 0.2) is 9.84 Å². The summed E-state index contributed by atoms with van der Waals surface area (Å²) in [6.45, 7) is 3.49. The van der Waals surface area contributed by atoms with E-state index in [1.54, 1.807) is 13.8 Å². The van der Waals surface area contributed by atoms with Crippen molar-refractivity contribution in [2.45, 2.75) is 30.3 Å². The molecule has 0 radical (unpaired) electrons. The second-order valence-corrected chi connectivity index (χ2v) is 6.54. The largest absolute Gasteiger partial charge is 0.228 e. The molecule has 0 amide bonds. The molecule has 1 aliphatic rings. The summed E-state index contributed by atoms with van der Waals surface area (Å²) in [6.07, 6.45) is 0.693. The predicted molar refractivity (Wildman–Crippen MR) is 45.3 cm³/mol. The van der Waals surface area contributed by atoms with Gasteiger partial charge in [0.05, 0.1) is 10.5 Å². The fraction of sp³-hybridized carbons (Fsp3) is 1.00. The number of sulfone groups is 1. The van der Waals surface area contributed by atoms with Crippen molar-refractivity contribution >= 4 is 22.5 Å². The second-order valence-electron chi connectivity index (χ2n) is 3.23. The number of hydrogen-bond acceptors (Lipinski definition) is 3. The molecular formula is C6H12O2S2. The summed E-state index contributed by atoms with van der Waals surface area (Å²) >= 11 is 4.21. The van der Waals surface area contributed by atoms with Crippen molar-refractivity contribution in [1.82, 2.24) is 0 Å². The maximum Gasteiger partial charge on any atom is 0.156 e. The highest BCUT2D eigenvalue weighted by Crippen LogP contribution is 2.34. The van der Waals surface area contributed by atoms with Crippen LogP contribution in [-0.4, -0.2) is 24.2 Å². The molecule has 1 unspecified atom stereocenters. The summed E-state index contributed by atoms with van der Waals surface area (Å²) in [6, 6.07) is 0. The molecule has 0 N–H and O–H groups in total. The molecule has 10 heavy (non-hydrogen) atoms. The van der Waals surface area contributed by atoms with E-state index >= 15 is 0 Å². The van der Waals surface area contributed by atoms with Gasteiger partial charge in [0.1, 0.15) is 0 Å². The topological polar surface area (TPSA) is 34.1 Å². The Kier molecular flexibility index (Phi) is 1.80. The highest BCUT2D eigenvalue weighted by atomic mass is 32.2. The molecule has 2 nitrogen and oxygen atoms in total. The fourth-order valence-corrected chi connectivity index (χ4v) is 3.47. The molecule has 0 bridgehead atoms. The lowest BCUT2D eigenvalue weighted by Crippen LogP contribution is -2.33. The molecule has 0 aromatic rings. The molecule has 60 valence electrons. The van der Waals surface area contributed by atoms with Gasteiger partial charge in [-0.3, -0.25) is 0 Å². The van der Waals surface area contributed by atoms with E-state index in [9.17, 15) is 8.42 Å². The smallest absolute Gasteiger partial charge is 0.156 e. The van der Waals surface area contributed by atoms with Crippen molar-refractivity contribution in [3.63, 3.8) is 0 Å². The third kappa shape index (κ3) is 0.975. The van der Waals surface area contributed by atoms with Crippen molar-refractivity contribution < 1.29 is 8.42 Å². The van der Waals surface area contributed by atoms with Crippen LogP contribution in [-0.2, 0) is 9.84 Å². The fourth-order valence-electron chi connectivity index (χ4n) is 1.08. The van der Waals surface area contributed by atoms with Crippen LogP contribution >= 0.6 is 12.6 Å². The number of rotatable bonds is 0. The van der Waals surface area contributed by atoms with Crippen LogP contribution in [0.5, 0.6) is 0 Å². The van der Waals surface area contributed by atoms with E-state index in [4.69, 9.17) is 0 Å². The molecular weight excluding hydrogens is 168 g/mol. The lowest BCUT2D eigenvalue weighted by Gasteiger charge is -2.20. The highest BCUT2D eigenvalue weighted by Gasteiger charge is 2.45. The predicted octanol–water partition coefficient (Wildman–Crippen LogP) is 0.882. The van der Waals surface area contributed by atoms with Crippen molar-refractivity contribution in [3.05, 3.63) is 0 Å². The molecule has 1 atom stereocenters. The first-order valence-corrected chi connectivity index (χ1v) is 5.45. The second kappa shape index (κ2) is 2.14. The SMILES string of the molecule is CC1(C)C(S)CCS1(=O)=O. The first-order chi connectivity index (χ1) is 4.38. The molecule has 1 rings (SSSR count). The lowest BCUT2D eigenvalue weighted by atomic mass is 10.1. The summed E-state index contributed by atoms with van der Waals surface area (Å²) in [5.74, 6) is 0.300. The average Bonchev–Trinajstić information content (AvgIpc) is 1.94. The lowest BCUT2D eigenvalue weighted by molar-refractivity contribution is 0.563. The van der Waals surface area contributed by atoms with E-state index in [-0.39, 0.29) is 5.25 Å². The Morgan fingerprint density at radius 1 is 1.50 bits per heavy atom. The normalized spacial score (nSPS) is 36.1. The summed E-state index contributed by atoms with van der Waals surface area (Å²) in [7, 11) is -2.85. The van der Waals surface area contributed by atoms with Gasteiger partial charge in [-0.25, -0.2) is 8.42 Å². The van der Waals surface area contributed by atoms with E-state index in [1.165, 1.54) is 0 Å². The van der Waals surface area contributed by atoms with E-state index in [2.05, 4.69) is 12.6 Å². The Labute approximate surface area is 67.3 Å². The summed E-state index contributed by atoms with van der Waals surface area (Å²) in [5, 5.41) is 0.0116. The van der Waals surface area contributed by atoms with Gasteiger partial charge in [-0.05, 0) is 20.3 Å². The van der Waals surface area contributed by atoms with Crippen LogP contribution < -0.4 is 0 Å². The zero-order chi connectivity index (χ0) is 7.99. The van der Waals surface area contributed by atoms with E-state index in [0.29, 0.717) is 12.2 Å².